The van der Waals surface area contributed by atoms with Gasteiger partial charge in [0, 0.05) is 38.5 Å². The van der Waals surface area contributed by atoms with E-state index in [0.717, 1.165) is 0 Å². The lowest BCUT2D eigenvalue weighted by atomic mass is 9.82. The van der Waals surface area contributed by atoms with Crippen molar-refractivity contribution < 1.29 is 64.0 Å². The minimum absolute atomic E-state index is 0.00687. The van der Waals surface area contributed by atoms with Gasteiger partial charge in [0.2, 0.25) is 5.91 Å². The van der Waals surface area contributed by atoms with Crippen molar-refractivity contribution in [1.29, 1.82) is 0 Å². The third kappa shape index (κ3) is 13.0. The fourth-order valence-corrected chi connectivity index (χ4v) is 6.39. The van der Waals surface area contributed by atoms with Gasteiger partial charge in [-0.1, -0.05) is 48.6 Å². The van der Waals surface area contributed by atoms with Crippen LogP contribution >= 0.6 is 0 Å². The minimum atomic E-state index is -2.10. The molecule has 0 saturated carbocycles. The molecule has 3 aliphatic heterocycles. The number of ether oxygens (including phenoxy) is 4. The molecule has 10 N–H and O–H groups in total. The van der Waals surface area contributed by atoms with E-state index in [2.05, 4.69) is 0 Å². The van der Waals surface area contributed by atoms with Crippen molar-refractivity contribution >= 4 is 17.7 Å². The summed E-state index contributed by atoms with van der Waals surface area (Å²) in [6.45, 7) is 4.77. The van der Waals surface area contributed by atoms with Crippen LogP contribution in [-0.2, 0) is 33.3 Å². The van der Waals surface area contributed by atoms with Crippen molar-refractivity contribution in [3.05, 3.63) is 48.6 Å². The van der Waals surface area contributed by atoms with Crippen LogP contribution in [0.5, 0.6) is 0 Å². The molecule has 15 heteroatoms. The van der Waals surface area contributed by atoms with Gasteiger partial charge in [0.05, 0.1) is 60.6 Å². The van der Waals surface area contributed by atoms with Crippen LogP contribution in [0, 0.1) is 11.8 Å². The lowest BCUT2D eigenvalue weighted by molar-refractivity contribution is -0.306. The number of hydrogen-bond acceptors (Lipinski definition) is 14. The number of cyclic esters (lactones) is 1. The van der Waals surface area contributed by atoms with Crippen molar-refractivity contribution in [2.45, 2.75) is 145 Å². The van der Waals surface area contributed by atoms with Crippen LogP contribution in [0.2, 0.25) is 0 Å². The lowest BCUT2D eigenvalue weighted by Crippen LogP contribution is -2.61. The molecule has 3 aliphatic rings. The quantitative estimate of drug-likeness (QED) is 0.177. The average molecular weight is 725 g/mol. The van der Waals surface area contributed by atoms with Crippen molar-refractivity contribution in [2.75, 3.05) is 0 Å². The molecule has 0 aromatic carbocycles. The second-order valence-electron chi connectivity index (χ2n) is 13.9. The van der Waals surface area contributed by atoms with E-state index in [0.29, 0.717) is 6.42 Å². The Morgan fingerprint density at radius 2 is 1.61 bits per heavy atom. The third-order valence-corrected chi connectivity index (χ3v) is 9.45. The SMILES string of the molecule is CC1C/C=C/C=C/C=C/C=C/C(OC2OC(C)C(O)C(N)C2O)CC2OC(O)(CC(O)CCCC(=O)CC(O)C(C)C(=O)O1)CC(O)C2C(N)=O. The van der Waals surface area contributed by atoms with Gasteiger partial charge in [-0.25, -0.2) is 0 Å². The highest BCUT2D eigenvalue weighted by Crippen LogP contribution is 2.38. The number of ketones is 1. The maximum Gasteiger partial charge on any atom is 0.311 e. The first-order valence-corrected chi connectivity index (χ1v) is 17.6. The van der Waals surface area contributed by atoms with Gasteiger partial charge in [-0.15, -0.1) is 0 Å². The third-order valence-electron chi connectivity index (χ3n) is 9.45. The van der Waals surface area contributed by atoms with Crippen molar-refractivity contribution in [3.63, 3.8) is 0 Å². The number of allylic oxidation sites excluding steroid dienone is 6. The predicted octanol–water partition coefficient (Wildman–Crippen LogP) is -0.0668. The number of primary amides is 1. The van der Waals surface area contributed by atoms with Crippen LogP contribution in [0.4, 0.5) is 0 Å². The fraction of sp³-hybridized carbons (Fsp3) is 0.694. The van der Waals surface area contributed by atoms with Gasteiger partial charge in [-0.3, -0.25) is 14.4 Å². The number of nitrogens with two attached hydrogens (primary N) is 2. The Labute approximate surface area is 298 Å². The summed E-state index contributed by atoms with van der Waals surface area (Å²) in [7, 11) is 0. The van der Waals surface area contributed by atoms with Gasteiger partial charge in [0.1, 0.15) is 18.0 Å². The predicted molar refractivity (Wildman–Crippen MR) is 183 cm³/mol. The Balaban J connectivity index is 1.88. The van der Waals surface area contributed by atoms with E-state index in [4.69, 9.17) is 30.4 Å². The van der Waals surface area contributed by atoms with E-state index in [1.807, 2.05) is 0 Å². The molecule has 288 valence electrons. The van der Waals surface area contributed by atoms with E-state index < -0.39 is 103 Å². The highest BCUT2D eigenvalue weighted by Gasteiger charge is 2.50. The molecular formula is C36H56N2O13. The number of carbonyl (C=O) groups excluding carboxylic acids is 3. The van der Waals surface area contributed by atoms with Gasteiger partial charge in [-0.05, 0) is 33.6 Å². The second-order valence-corrected chi connectivity index (χ2v) is 13.9. The first-order valence-electron chi connectivity index (χ1n) is 17.6. The Morgan fingerprint density at radius 1 is 0.941 bits per heavy atom. The monoisotopic (exact) mass is 724 g/mol. The Bertz CT molecular complexity index is 1270. The van der Waals surface area contributed by atoms with E-state index in [1.54, 1.807) is 62.5 Å². The Morgan fingerprint density at radius 3 is 2.29 bits per heavy atom. The Hall–Kier alpha value is -2.83. The summed E-state index contributed by atoms with van der Waals surface area (Å²) in [6, 6.07) is -1.08. The van der Waals surface area contributed by atoms with Crippen LogP contribution in [-0.4, -0.2) is 121 Å². The molecule has 3 heterocycles. The van der Waals surface area contributed by atoms with Crippen LogP contribution in [0.25, 0.3) is 0 Å². The van der Waals surface area contributed by atoms with Crippen LogP contribution in [0.15, 0.2) is 48.6 Å². The van der Waals surface area contributed by atoms with Crippen molar-refractivity contribution in [3.8, 4) is 0 Å². The van der Waals surface area contributed by atoms with E-state index >= 15 is 0 Å². The van der Waals surface area contributed by atoms with Gasteiger partial charge >= 0.3 is 5.97 Å². The van der Waals surface area contributed by atoms with Gasteiger partial charge in [0.15, 0.2) is 12.1 Å². The normalized spacial score (nSPS) is 44.1. The number of fused-ring (bicyclic) bond motifs is 2. The summed E-state index contributed by atoms with van der Waals surface area (Å²) in [5.74, 6) is -6.13. The highest BCUT2D eigenvalue weighted by atomic mass is 16.7. The molecule has 15 nitrogen and oxygen atoms in total. The Kier molecular flexibility index (Phi) is 16.6. The van der Waals surface area contributed by atoms with Gasteiger partial charge in [-0.2, -0.15) is 0 Å². The van der Waals surface area contributed by atoms with Crippen LogP contribution < -0.4 is 11.5 Å². The van der Waals surface area contributed by atoms with Crippen LogP contribution in [0.1, 0.15) is 72.1 Å². The molecule has 0 aromatic heterocycles. The summed E-state index contributed by atoms with van der Waals surface area (Å²) in [5.41, 5.74) is 11.7. The number of esters is 1. The number of hydrogen-bond donors (Lipinski definition) is 8. The molecule has 0 aliphatic carbocycles. The zero-order chi connectivity index (χ0) is 37.9. The molecule has 2 bridgehead atoms. The highest BCUT2D eigenvalue weighted by molar-refractivity contribution is 5.80. The summed E-state index contributed by atoms with van der Waals surface area (Å²) < 4.78 is 23.2. The number of Topliss-reactive ketones (excluding diaryl/α,β-unsaturated/α-hetero) is 1. The standard InChI is InChI=1S/C36H56N2O13/c1-20-12-9-7-5-4-6-8-10-15-25(50-35-32(44)30(37)31(43)22(3)49-35)17-28-29(33(38)45)27(42)19-36(47,51-28)18-24(40)14-11-13-23(39)16-26(41)21(2)34(46)48-20/h4-10,15,20-22,24-32,35,40-44,47H,11-14,16-19,37H2,1-3H3,(H2,38,45)/b5-4+,8-6+,9-7+,15-10+. The maximum atomic E-state index is 12.6. The summed E-state index contributed by atoms with van der Waals surface area (Å²) in [6.07, 6.45) is 1.88. The molecule has 14 atom stereocenters. The summed E-state index contributed by atoms with van der Waals surface area (Å²) >= 11 is 0. The number of amides is 1. The zero-order valence-corrected chi connectivity index (χ0v) is 29.5. The smallest absolute Gasteiger partial charge is 0.311 e. The molecule has 2 saturated heterocycles. The second kappa shape index (κ2) is 19.9. The fourth-order valence-electron chi connectivity index (χ4n) is 6.39. The molecule has 0 radical (unpaired) electrons. The molecule has 2 fully saturated rings. The van der Waals surface area contributed by atoms with Crippen molar-refractivity contribution in [2.24, 2.45) is 23.3 Å². The van der Waals surface area contributed by atoms with E-state index in [-0.39, 0.29) is 44.3 Å². The summed E-state index contributed by atoms with van der Waals surface area (Å²) in [5, 5.41) is 64.7. The minimum Gasteiger partial charge on any atom is -0.462 e. The molecule has 3 rings (SSSR count). The number of rotatable bonds is 3. The van der Waals surface area contributed by atoms with E-state index in [9.17, 15) is 45.0 Å². The maximum absolute atomic E-state index is 12.6. The molecule has 0 spiro atoms. The van der Waals surface area contributed by atoms with Gasteiger partial charge < -0.3 is 61.1 Å². The molecule has 14 unspecified atom stereocenters. The number of carbonyl (C=O) groups is 3. The van der Waals surface area contributed by atoms with E-state index in [1.165, 1.54) is 6.92 Å². The number of aliphatic hydroxyl groups excluding tert-OH is 5. The topological polar surface area (TPSA) is 262 Å². The molecule has 1 amide bonds. The lowest BCUT2D eigenvalue weighted by Gasteiger charge is -2.45. The molecule has 51 heavy (non-hydrogen) atoms. The zero-order valence-electron chi connectivity index (χ0n) is 29.5. The van der Waals surface area contributed by atoms with Crippen molar-refractivity contribution in [1.82, 2.24) is 0 Å². The summed E-state index contributed by atoms with van der Waals surface area (Å²) in [4.78, 5) is 37.6. The van der Waals surface area contributed by atoms with Crippen LogP contribution in [0.3, 0.4) is 0 Å². The average Bonchev–Trinajstić information content (AvgIpc) is 3.03. The molecule has 0 aromatic rings. The molecular weight excluding hydrogens is 668 g/mol. The largest absolute Gasteiger partial charge is 0.462 e. The first kappa shape index (κ1) is 42.6. The van der Waals surface area contributed by atoms with Gasteiger partial charge in [0.25, 0.3) is 0 Å². The first-order chi connectivity index (χ1) is 24.0. The number of aliphatic hydroxyl groups is 6.